The van der Waals surface area contributed by atoms with E-state index < -0.39 is 21.3 Å². The zero-order valence-corrected chi connectivity index (χ0v) is 7.50. The normalized spacial score (nSPS) is 14.5. The topological polar surface area (TPSA) is 101 Å². The van der Waals surface area contributed by atoms with E-state index in [4.69, 9.17) is 9.79 Å². The van der Waals surface area contributed by atoms with Crippen LogP contribution >= 0.6 is 15.5 Å². The van der Waals surface area contributed by atoms with Crippen molar-refractivity contribution in [2.24, 2.45) is 0 Å². The van der Waals surface area contributed by atoms with Crippen LogP contribution in [0.2, 0.25) is 0 Å². The summed E-state index contributed by atoms with van der Waals surface area (Å²) < 4.78 is 34.4. The predicted molar refractivity (Wildman–Crippen MR) is 35.5 cm³/mol. The molecule has 0 aromatic heterocycles. The quantitative estimate of drug-likeness (QED) is 0.659. The summed E-state index contributed by atoms with van der Waals surface area (Å²) in [7, 11) is -7.62. The van der Waals surface area contributed by atoms with Crippen molar-refractivity contribution in [1.82, 2.24) is 0 Å². The summed E-state index contributed by atoms with van der Waals surface area (Å²) in [4.78, 5) is 16.4. The maximum Gasteiger partial charge on any atom is 0.470 e. The molecule has 0 radical (unpaired) electrons. The van der Waals surface area contributed by atoms with Crippen molar-refractivity contribution < 1.29 is 28.0 Å². The van der Waals surface area contributed by atoms with E-state index in [0.29, 0.717) is 0 Å². The first-order chi connectivity index (χ1) is 4.87. The summed E-state index contributed by atoms with van der Waals surface area (Å²) in [6.07, 6.45) is 0.0177. The Balaban J connectivity index is 4.22. The smallest absolute Gasteiger partial charge is 0.303 e. The standard InChI is InChI=1S/C3H8O6P2/c1-2-3(10(4)5)9-11(6,7)8/h3H,2H2,1H3,(H2,6,7,8). The summed E-state index contributed by atoms with van der Waals surface area (Å²) >= 11 is 0. The van der Waals surface area contributed by atoms with Crippen LogP contribution in [0.15, 0.2) is 0 Å². The Morgan fingerprint density at radius 2 is 2.00 bits per heavy atom. The van der Waals surface area contributed by atoms with Crippen molar-refractivity contribution in [3.8, 4) is 0 Å². The van der Waals surface area contributed by atoms with Crippen molar-refractivity contribution in [3.05, 3.63) is 0 Å². The zero-order valence-electron chi connectivity index (χ0n) is 5.71. The van der Waals surface area contributed by atoms with Crippen molar-refractivity contribution in [2.45, 2.75) is 19.2 Å². The second kappa shape index (κ2) is 4.14. The molecule has 0 heterocycles. The van der Waals surface area contributed by atoms with E-state index in [1.807, 2.05) is 0 Å². The second-order valence-electron chi connectivity index (χ2n) is 1.74. The van der Waals surface area contributed by atoms with Gasteiger partial charge in [0.25, 0.3) is 0 Å². The summed E-state index contributed by atoms with van der Waals surface area (Å²) in [6, 6.07) is 0. The number of phosphoric ester groups is 1. The minimum Gasteiger partial charge on any atom is -0.303 e. The second-order valence-corrected chi connectivity index (χ2v) is 4.08. The first-order valence-corrected chi connectivity index (χ1v) is 5.52. The van der Waals surface area contributed by atoms with E-state index in [-0.39, 0.29) is 6.42 Å². The average molecular weight is 202 g/mol. The molecule has 0 spiro atoms. The lowest BCUT2D eigenvalue weighted by atomic mass is 10.5. The van der Waals surface area contributed by atoms with Crippen molar-refractivity contribution >= 4 is 15.5 Å². The third kappa shape index (κ3) is 5.30. The Hall–Kier alpha value is 0.01000. The summed E-state index contributed by atoms with van der Waals surface area (Å²) in [5.41, 5.74) is 0. The molecule has 0 rings (SSSR count). The van der Waals surface area contributed by atoms with Gasteiger partial charge in [-0.25, -0.2) is 13.7 Å². The minimum absolute atomic E-state index is 0.0177. The molecule has 0 amide bonds. The molecule has 8 heteroatoms. The molecule has 0 saturated carbocycles. The summed E-state index contributed by atoms with van der Waals surface area (Å²) in [6.45, 7) is 1.45. The van der Waals surface area contributed by atoms with E-state index in [1.165, 1.54) is 6.92 Å². The van der Waals surface area contributed by atoms with Gasteiger partial charge in [-0.1, -0.05) is 6.92 Å². The molecular weight excluding hydrogens is 194 g/mol. The molecule has 11 heavy (non-hydrogen) atoms. The van der Waals surface area contributed by atoms with Gasteiger partial charge in [-0.15, -0.1) is 0 Å². The Labute approximate surface area is 63.6 Å². The highest BCUT2D eigenvalue weighted by atomic mass is 31.2. The molecule has 1 unspecified atom stereocenters. The molecule has 0 aliphatic rings. The van der Waals surface area contributed by atoms with Gasteiger partial charge in [-0.2, -0.15) is 0 Å². The Morgan fingerprint density at radius 3 is 2.09 bits per heavy atom. The molecule has 0 aliphatic heterocycles. The molecule has 0 saturated heterocycles. The molecule has 0 fully saturated rings. The summed E-state index contributed by atoms with van der Waals surface area (Å²) in [5, 5.41) is 0. The third-order valence-corrected chi connectivity index (χ3v) is 2.48. The van der Waals surface area contributed by atoms with Crippen LogP contribution in [0.25, 0.3) is 0 Å². The molecule has 0 aliphatic carbocycles. The van der Waals surface area contributed by atoms with Gasteiger partial charge in [-0.3, -0.25) is 4.52 Å². The SMILES string of the molecule is CCC(OP(=O)(O)O)P(=O)=O. The third-order valence-electron chi connectivity index (χ3n) is 0.843. The summed E-state index contributed by atoms with van der Waals surface area (Å²) in [5.74, 6) is -1.40. The monoisotopic (exact) mass is 202 g/mol. The Morgan fingerprint density at radius 1 is 1.55 bits per heavy atom. The van der Waals surface area contributed by atoms with Crippen LogP contribution in [0.5, 0.6) is 0 Å². The lowest BCUT2D eigenvalue weighted by Gasteiger charge is -2.07. The minimum atomic E-state index is -4.68. The number of hydrogen-bond acceptors (Lipinski definition) is 4. The van der Waals surface area contributed by atoms with Crippen molar-refractivity contribution in [3.63, 3.8) is 0 Å². The fourth-order valence-corrected chi connectivity index (χ4v) is 1.86. The average Bonchev–Trinajstić information content (AvgIpc) is 1.80. The van der Waals surface area contributed by atoms with Gasteiger partial charge < -0.3 is 9.79 Å². The molecule has 0 aromatic carbocycles. The Kier molecular flexibility index (Phi) is 4.14. The maximum absolute atomic E-state index is 10.2. The molecule has 6 nitrogen and oxygen atoms in total. The van der Waals surface area contributed by atoms with Gasteiger partial charge in [0, 0.05) is 0 Å². The highest BCUT2D eigenvalue weighted by Crippen LogP contribution is 2.41. The number of hydrogen-bond donors (Lipinski definition) is 2. The van der Waals surface area contributed by atoms with Gasteiger partial charge >= 0.3 is 15.5 Å². The van der Waals surface area contributed by atoms with Gasteiger partial charge in [0.15, 0.2) is 5.85 Å². The van der Waals surface area contributed by atoms with Gasteiger partial charge in [0.05, 0.1) is 0 Å². The molecule has 2 N–H and O–H groups in total. The van der Waals surface area contributed by atoms with Gasteiger partial charge in [-0.05, 0) is 6.42 Å². The van der Waals surface area contributed by atoms with Crippen LogP contribution in [0, 0.1) is 0 Å². The van der Waals surface area contributed by atoms with E-state index >= 15 is 0 Å². The fraction of sp³-hybridized carbons (Fsp3) is 1.00. The van der Waals surface area contributed by atoms with Gasteiger partial charge in [0.1, 0.15) is 0 Å². The maximum atomic E-state index is 10.2. The van der Waals surface area contributed by atoms with Crippen molar-refractivity contribution in [2.75, 3.05) is 0 Å². The highest BCUT2D eigenvalue weighted by molar-refractivity contribution is 7.47. The van der Waals surface area contributed by atoms with Crippen LogP contribution in [0.1, 0.15) is 13.3 Å². The van der Waals surface area contributed by atoms with Crippen LogP contribution in [0.4, 0.5) is 0 Å². The molecular formula is C3H8O6P2. The molecule has 1 atom stereocenters. The fourth-order valence-electron chi connectivity index (χ4n) is 0.421. The van der Waals surface area contributed by atoms with E-state index in [1.54, 1.807) is 0 Å². The first kappa shape index (κ1) is 11.0. The molecule has 66 valence electrons. The van der Waals surface area contributed by atoms with Gasteiger partial charge in [0.2, 0.25) is 0 Å². The van der Waals surface area contributed by atoms with E-state index in [9.17, 15) is 13.7 Å². The van der Waals surface area contributed by atoms with Crippen LogP contribution in [0.3, 0.4) is 0 Å². The molecule has 0 bridgehead atoms. The van der Waals surface area contributed by atoms with Crippen LogP contribution < -0.4 is 0 Å². The number of rotatable bonds is 4. The molecule has 0 aromatic rings. The van der Waals surface area contributed by atoms with E-state index in [0.717, 1.165) is 0 Å². The van der Waals surface area contributed by atoms with Crippen LogP contribution in [-0.2, 0) is 18.2 Å². The lowest BCUT2D eigenvalue weighted by Crippen LogP contribution is -2.01. The highest BCUT2D eigenvalue weighted by Gasteiger charge is 2.24. The Bertz CT molecular complexity index is 218. The lowest BCUT2D eigenvalue weighted by molar-refractivity contribution is 0.172. The largest absolute Gasteiger partial charge is 0.470 e. The zero-order chi connectivity index (χ0) is 9.07. The van der Waals surface area contributed by atoms with Crippen molar-refractivity contribution in [1.29, 1.82) is 0 Å². The van der Waals surface area contributed by atoms with Crippen LogP contribution in [-0.4, -0.2) is 15.6 Å². The predicted octanol–water partition coefficient (Wildman–Crippen LogP) is 1.00. The first-order valence-electron chi connectivity index (χ1n) is 2.74. The number of phosphoric acid groups is 1. The van der Waals surface area contributed by atoms with E-state index in [2.05, 4.69) is 4.52 Å².